The number of benzene rings is 1. The molecule has 0 fully saturated rings. The summed E-state index contributed by atoms with van der Waals surface area (Å²) in [5.41, 5.74) is 1.90. The highest BCUT2D eigenvalue weighted by Crippen LogP contribution is 2.36. The van der Waals surface area contributed by atoms with Crippen LogP contribution in [0.5, 0.6) is 11.5 Å². The third-order valence-corrected chi connectivity index (χ3v) is 3.13. The third kappa shape index (κ3) is 2.13. The van der Waals surface area contributed by atoms with Crippen molar-refractivity contribution in [2.24, 2.45) is 0 Å². The molecule has 0 saturated heterocycles. The Hall–Kier alpha value is -1.75. The van der Waals surface area contributed by atoms with Crippen LogP contribution in [0.3, 0.4) is 0 Å². The van der Waals surface area contributed by atoms with Gasteiger partial charge in [0.05, 0.1) is 21.3 Å². The van der Waals surface area contributed by atoms with Gasteiger partial charge >= 0.3 is 5.97 Å². The molecule has 0 aromatic heterocycles. The Bertz CT molecular complexity index is 441. The summed E-state index contributed by atoms with van der Waals surface area (Å²) in [6.45, 7) is 0.725. The van der Waals surface area contributed by atoms with Gasteiger partial charge in [-0.3, -0.25) is 0 Å². The van der Waals surface area contributed by atoms with Crippen LogP contribution in [0, 0.1) is 0 Å². The fourth-order valence-corrected chi connectivity index (χ4v) is 2.25. The van der Waals surface area contributed by atoms with Crippen LogP contribution in [0.15, 0.2) is 12.1 Å². The molecule has 0 saturated carbocycles. The van der Waals surface area contributed by atoms with E-state index in [0.29, 0.717) is 5.75 Å². The van der Waals surface area contributed by atoms with Crippen molar-refractivity contribution < 1.29 is 19.0 Å². The number of hydrogen-bond donors (Lipinski definition) is 1. The highest BCUT2D eigenvalue weighted by Gasteiger charge is 2.30. The van der Waals surface area contributed by atoms with Gasteiger partial charge < -0.3 is 19.5 Å². The van der Waals surface area contributed by atoms with Crippen LogP contribution in [0.2, 0.25) is 0 Å². The lowest BCUT2D eigenvalue weighted by molar-refractivity contribution is -0.143. The quantitative estimate of drug-likeness (QED) is 0.814. The monoisotopic (exact) mass is 251 g/mol. The molecule has 1 unspecified atom stereocenters. The van der Waals surface area contributed by atoms with E-state index in [0.717, 1.165) is 29.8 Å². The minimum absolute atomic E-state index is 0.306. The van der Waals surface area contributed by atoms with Crippen molar-refractivity contribution in [3.8, 4) is 11.5 Å². The highest BCUT2D eigenvalue weighted by molar-refractivity contribution is 5.80. The normalized spacial score (nSPS) is 17.8. The van der Waals surface area contributed by atoms with Crippen LogP contribution in [0.25, 0.3) is 0 Å². The SMILES string of the molecule is COC(=O)C1NCCc2cc(OC)cc(OC)c21. The number of ether oxygens (including phenoxy) is 3. The highest BCUT2D eigenvalue weighted by atomic mass is 16.5. The summed E-state index contributed by atoms with van der Waals surface area (Å²) in [4.78, 5) is 11.8. The smallest absolute Gasteiger partial charge is 0.327 e. The summed E-state index contributed by atoms with van der Waals surface area (Å²) in [5, 5.41) is 3.14. The second kappa shape index (κ2) is 5.27. The zero-order valence-electron chi connectivity index (χ0n) is 10.8. The summed E-state index contributed by atoms with van der Waals surface area (Å²) < 4.78 is 15.4. The molecule has 1 aromatic carbocycles. The molecule has 1 aromatic rings. The molecule has 98 valence electrons. The van der Waals surface area contributed by atoms with E-state index >= 15 is 0 Å². The van der Waals surface area contributed by atoms with Crippen LogP contribution in [0.1, 0.15) is 17.2 Å². The van der Waals surface area contributed by atoms with E-state index < -0.39 is 6.04 Å². The average molecular weight is 251 g/mol. The molecule has 0 radical (unpaired) electrons. The van der Waals surface area contributed by atoms with Crippen LogP contribution in [-0.2, 0) is 16.0 Å². The van der Waals surface area contributed by atoms with Crippen LogP contribution >= 0.6 is 0 Å². The topological polar surface area (TPSA) is 56.8 Å². The van der Waals surface area contributed by atoms with Crippen LogP contribution in [-0.4, -0.2) is 33.8 Å². The van der Waals surface area contributed by atoms with Gasteiger partial charge in [0.2, 0.25) is 0 Å². The number of carbonyl (C=O) groups is 1. The minimum atomic E-state index is -0.473. The van der Waals surface area contributed by atoms with E-state index in [1.165, 1.54) is 7.11 Å². The lowest BCUT2D eigenvalue weighted by Gasteiger charge is -2.27. The van der Waals surface area contributed by atoms with E-state index in [9.17, 15) is 4.79 Å². The van der Waals surface area contributed by atoms with Crippen LogP contribution < -0.4 is 14.8 Å². The molecule has 5 heteroatoms. The number of fused-ring (bicyclic) bond motifs is 1. The first-order valence-corrected chi connectivity index (χ1v) is 5.77. The Morgan fingerprint density at radius 3 is 2.67 bits per heavy atom. The maximum atomic E-state index is 11.8. The van der Waals surface area contributed by atoms with Gasteiger partial charge in [-0.25, -0.2) is 4.79 Å². The summed E-state index contributed by atoms with van der Waals surface area (Å²) in [7, 11) is 4.58. The molecular weight excluding hydrogens is 234 g/mol. The molecule has 18 heavy (non-hydrogen) atoms. The zero-order valence-corrected chi connectivity index (χ0v) is 10.8. The fourth-order valence-electron chi connectivity index (χ4n) is 2.25. The van der Waals surface area contributed by atoms with E-state index in [1.807, 2.05) is 6.07 Å². The first-order chi connectivity index (χ1) is 8.71. The molecule has 5 nitrogen and oxygen atoms in total. The molecule has 0 bridgehead atoms. The standard InChI is InChI=1S/C13H17NO4/c1-16-9-6-8-4-5-14-12(13(15)18-3)11(8)10(7-9)17-2/h6-7,12,14H,4-5H2,1-3H3. The van der Waals surface area contributed by atoms with Crippen molar-refractivity contribution in [2.45, 2.75) is 12.5 Å². The number of carbonyl (C=O) groups excluding carboxylic acids is 1. The first-order valence-electron chi connectivity index (χ1n) is 5.77. The summed E-state index contributed by atoms with van der Waals surface area (Å²) >= 11 is 0. The Balaban J connectivity index is 2.51. The fraction of sp³-hybridized carbons (Fsp3) is 0.462. The molecule has 0 amide bonds. The number of methoxy groups -OCH3 is 3. The van der Waals surface area contributed by atoms with Gasteiger partial charge in [0.25, 0.3) is 0 Å². The lowest BCUT2D eigenvalue weighted by atomic mass is 9.93. The molecule has 2 rings (SSSR count). The van der Waals surface area contributed by atoms with Crippen molar-refractivity contribution in [1.29, 1.82) is 0 Å². The van der Waals surface area contributed by atoms with Crippen molar-refractivity contribution in [2.75, 3.05) is 27.9 Å². The van der Waals surface area contributed by atoms with Gasteiger partial charge in [0.1, 0.15) is 17.5 Å². The maximum Gasteiger partial charge on any atom is 0.327 e. The summed E-state index contributed by atoms with van der Waals surface area (Å²) in [6, 6.07) is 3.25. The van der Waals surface area contributed by atoms with Gasteiger partial charge in [0.15, 0.2) is 0 Å². The van der Waals surface area contributed by atoms with Gasteiger partial charge in [-0.15, -0.1) is 0 Å². The van der Waals surface area contributed by atoms with Gasteiger partial charge in [-0.1, -0.05) is 0 Å². The average Bonchev–Trinajstić information content (AvgIpc) is 2.44. The summed E-state index contributed by atoms with van der Waals surface area (Å²) in [5.74, 6) is 1.07. The van der Waals surface area contributed by atoms with E-state index in [4.69, 9.17) is 14.2 Å². The van der Waals surface area contributed by atoms with Crippen molar-refractivity contribution >= 4 is 5.97 Å². The number of esters is 1. The number of rotatable bonds is 3. The molecule has 1 N–H and O–H groups in total. The van der Waals surface area contributed by atoms with Crippen molar-refractivity contribution in [1.82, 2.24) is 5.32 Å². The van der Waals surface area contributed by atoms with Gasteiger partial charge in [0, 0.05) is 18.2 Å². The molecular formula is C13H17NO4. The lowest BCUT2D eigenvalue weighted by Crippen LogP contribution is -2.36. The third-order valence-electron chi connectivity index (χ3n) is 3.13. The summed E-state index contributed by atoms with van der Waals surface area (Å²) in [6.07, 6.45) is 0.830. The van der Waals surface area contributed by atoms with Crippen LogP contribution in [0.4, 0.5) is 0 Å². The number of hydrogen-bond acceptors (Lipinski definition) is 5. The van der Waals surface area contributed by atoms with E-state index in [2.05, 4.69) is 5.32 Å². The zero-order chi connectivity index (χ0) is 13.1. The van der Waals surface area contributed by atoms with Crippen molar-refractivity contribution in [3.63, 3.8) is 0 Å². The van der Waals surface area contributed by atoms with Gasteiger partial charge in [-0.05, 0) is 18.1 Å². The molecule has 1 aliphatic heterocycles. The Morgan fingerprint density at radius 2 is 2.06 bits per heavy atom. The molecule has 1 heterocycles. The molecule has 0 spiro atoms. The Morgan fingerprint density at radius 1 is 1.28 bits per heavy atom. The minimum Gasteiger partial charge on any atom is -0.497 e. The molecule has 1 atom stereocenters. The van der Waals surface area contributed by atoms with E-state index in [1.54, 1.807) is 20.3 Å². The van der Waals surface area contributed by atoms with Gasteiger partial charge in [-0.2, -0.15) is 0 Å². The Kier molecular flexibility index (Phi) is 3.72. The first kappa shape index (κ1) is 12.7. The van der Waals surface area contributed by atoms with Crippen molar-refractivity contribution in [3.05, 3.63) is 23.3 Å². The predicted octanol–water partition coefficient (Wildman–Crippen LogP) is 1.06. The molecule has 0 aliphatic carbocycles. The Labute approximate surface area is 106 Å². The number of nitrogens with one attached hydrogen (secondary N) is 1. The second-order valence-electron chi connectivity index (χ2n) is 4.06. The van der Waals surface area contributed by atoms with E-state index in [-0.39, 0.29) is 5.97 Å². The predicted molar refractivity (Wildman–Crippen MR) is 66.0 cm³/mol. The maximum absolute atomic E-state index is 11.8. The molecule has 1 aliphatic rings. The second-order valence-corrected chi connectivity index (χ2v) is 4.06. The largest absolute Gasteiger partial charge is 0.497 e.